The Morgan fingerprint density at radius 2 is 1.91 bits per heavy atom. The zero-order chi connectivity index (χ0) is 22.8. The SMILES string of the molecule is Cc1cccc(NC(=O)N2CCCC2c2nnc(C(=O)Nc3ccc(F)c(F)c3)s2)c1C. The number of hydrogen-bond acceptors (Lipinski definition) is 5. The molecule has 3 aromatic rings. The molecule has 166 valence electrons. The van der Waals surface area contributed by atoms with Crippen molar-refractivity contribution >= 4 is 34.6 Å². The zero-order valence-corrected chi connectivity index (χ0v) is 18.3. The van der Waals surface area contributed by atoms with E-state index in [-0.39, 0.29) is 22.8 Å². The van der Waals surface area contributed by atoms with Crippen molar-refractivity contribution in [2.45, 2.75) is 32.7 Å². The highest BCUT2D eigenvalue weighted by Gasteiger charge is 2.33. The van der Waals surface area contributed by atoms with Crippen LogP contribution < -0.4 is 10.6 Å². The first-order valence-electron chi connectivity index (χ1n) is 10.1. The third-order valence-corrected chi connectivity index (χ3v) is 6.48. The van der Waals surface area contributed by atoms with Crippen molar-refractivity contribution in [2.75, 3.05) is 17.2 Å². The molecule has 3 amide bonds. The van der Waals surface area contributed by atoms with Crippen molar-refractivity contribution in [3.8, 4) is 0 Å². The molecule has 0 spiro atoms. The number of aryl methyl sites for hydroxylation is 1. The summed E-state index contributed by atoms with van der Waals surface area (Å²) < 4.78 is 26.4. The van der Waals surface area contributed by atoms with Crippen LogP contribution in [0.5, 0.6) is 0 Å². The maximum Gasteiger partial charge on any atom is 0.322 e. The molecule has 1 saturated heterocycles. The predicted octanol–water partition coefficient (Wildman–Crippen LogP) is 5.05. The van der Waals surface area contributed by atoms with E-state index in [0.29, 0.717) is 18.0 Å². The summed E-state index contributed by atoms with van der Waals surface area (Å²) in [6.07, 6.45) is 1.51. The summed E-state index contributed by atoms with van der Waals surface area (Å²) in [5, 5.41) is 14.1. The summed E-state index contributed by atoms with van der Waals surface area (Å²) in [5.41, 5.74) is 2.95. The lowest BCUT2D eigenvalue weighted by Crippen LogP contribution is -2.34. The number of rotatable bonds is 4. The Balaban J connectivity index is 1.46. The molecule has 0 saturated carbocycles. The number of urea groups is 1. The average molecular weight is 458 g/mol. The second-order valence-electron chi connectivity index (χ2n) is 7.56. The molecule has 7 nitrogen and oxygen atoms in total. The molecule has 1 unspecified atom stereocenters. The summed E-state index contributed by atoms with van der Waals surface area (Å²) in [7, 11) is 0. The fraction of sp³-hybridized carbons (Fsp3) is 0.273. The number of anilines is 2. The topological polar surface area (TPSA) is 87.2 Å². The number of aromatic nitrogens is 2. The minimum atomic E-state index is -1.06. The lowest BCUT2D eigenvalue weighted by Gasteiger charge is -2.23. The smallest absolute Gasteiger partial charge is 0.320 e. The van der Waals surface area contributed by atoms with Gasteiger partial charge in [-0.1, -0.05) is 23.5 Å². The first-order valence-corrected chi connectivity index (χ1v) is 10.9. The van der Waals surface area contributed by atoms with E-state index < -0.39 is 17.5 Å². The normalized spacial score (nSPS) is 15.6. The van der Waals surface area contributed by atoms with Crippen LogP contribution in [0.1, 0.15) is 44.8 Å². The van der Waals surface area contributed by atoms with Gasteiger partial charge >= 0.3 is 6.03 Å². The lowest BCUT2D eigenvalue weighted by molar-refractivity contribution is 0.102. The van der Waals surface area contributed by atoms with E-state index in [1.54, 1.807) is 4.90 Å². The van der Waals surface area contributed by atoms with Crippen molar-refractivity contribution in [3.63, 3.8) is 0 Å². The van der Waals surface area contributed by atoms with Crippen LogP contribution in [-0.2, 0) is 0 Å². The molecule has 0 aliphatic carbocycles. The van der Waals surface area contributed by atoms with Gasteiger partial charge < -0.3 is 15.5 Å². The van der Waals surface area contributed by atoms with Gasteiger partial charge in [0.05, 0.1) is 6.04 Å². The number of benzene rings is 2. The van der Waals surface area contributed by atoms with Gasteiger partial charge in [-0.2, -0.15) is 0 Å². The molecule has 1 aromatic heterocycles. The van der Waals surface area contributed by atoms with Crippen molar-refractivity contribution in [2.24, 2.45) is 0 Å². The van der Waals surface area contributed by atoms with E-state index in [1.807, 2.05) is 32.0 Å². The monoisotopic (exact) mass is 457 g/mol. The van der Waals surface area contributed by atoms with Crippen molar-refractivity contribution in [1.82, 2.24) is 15.1 Å². The fourth-order valence-electron chi connectivity index (χ4n) is 3.56. The molecular weight excluding hydrogens is 436 g/mol. The van der Waals surface area contributed by atoms with Crippen LogP contribution in [0.2, 0.25) is 0 Å². The number of hydrogen-bond donors (Lipinski definition) is 2. The van der Waals surface area contributed by atoms with E-state index >= 15 is 0 Å². The molecule has 1 aliphatic rings. The number of amides is 3. The molecule has 1 aliphatic heterocycles. The Morgan fingerprint density at radius 1 is 1.09 bits per heavy atom. The van der Waals surface area contributed by atoms with Gasteiger partial charge in [0.2, 0.25) is 5.01 Å². The minimum absolute atomic E-state index is 0.0755. The van der Waals surface area contributed by atoms with E-state index in [9.17, 15) is 18.4 Å². The maximum absolute atomic E-state index is 13.4. The molecule has 10 heteroatoms. The van der Waals surface area contributed by atoms with Gasteiger partial charge in [0.1, 0.15) is 5.01 Å². The molecule has 0 bridgehead atoms. The van der Waals surface area contributed by atoms with Gasteiger partial charge in [-0.3, -0.25) is 4.79 Å². The number of carbonyl (C=O) groups excluding carboxylic acids is 2. The van der Waals surface area contributed by atoms with Gasteiger partial charge in [-0.05, 0) is 56.0 Å². The standard InChI is InChI=1S/C22H21F2N5O2S/c1-12-5-3-6-17(13(12)2)26-22(31)29-10-4-7-18(29)20-27-28-21(32-20)19(30)25-14-8-9-15(23)16(24)11-14/h3,5-6,8-9,11,18H,4,7,10H2,1-2H3,(H,25,30)(H,26,31). The third-order valence-electron chi connectivity index (χ3n) is 5.46. The van der Waals surface area contributed by atoms with E-state index in [2.05, 4.69) is 20.8 Å². The number of nitrogens with one attached hydrogen (secondary N) is 2. The van der Waals surface area contributed by atoms with Crippen molar-refractivity contribution < 1.29 is 18.4 Å². The Bertz CT molecular complexity index is 1180. The Kier molecular flexibility index (Phi) is 6.13. The van der Waals surface area contributed by atoms with Crippen LogP contribution >= 0.6 is 11.3 Å². The predicted molar refractivity (Wildman–Crippen MR) is 118 cm³/mol. The maximum atomic E-state index is 13.4. The van der Waals surface area contributed by atoms with Crippen LogP contribution in [0.25, 0.3) is 0 Å². The van der Waals surface area contributed by atoms with E-state index in [1.165, 1.54) is 6.07 Å². The summed E-state index contributed by atoms with van der Waals surface area (Å²) in [5.74, 6) is -2.64. The Morgan fingerprint density at radius 3 is 2.69 bits per heavy atom. The first kappa shape index (κ1) is 21.8. The van der Waals surface area contributed by atoms with Crippen LogP contribution in [0.3, 0.4) is 0 Å². The van der Waals surface area contributed by atoms with Crippen molar-refractivity contribution in [3.05, 3.63) is 69.2 Å². The van der Waals surface area contributed by atoms with Crippen LogP contribution in [-0.4, -0.2) is 33.6 Å². The highest BCUT2D eigenvalue weighted by molar-refractivity contribution is 7.13. The van der Waals surface area contributed by atoms with Gasteiger partial charge in [-0.15, -0.1) is 10.2 Å². The molecule has 1 fully saturated rings. The summed E-state index contributed by atoms with van der Waals surface area (Å²) in [6, 6.07) is 8.30. The largest absolute Gasteiger partial charge is 0.322 e. The molecule has 2 heterocycles. The summed E-state index contributed by atoms with van der Waals surface area (Å²) in [4.78, 5) is 27.1. The van der Waals surface area contributed by atoms with E-state index in [4.69, 9.17) is 0 Å². The lowest BCUT2D eigenvalue weighted by atomic mass is 10.1. The number of likely N-dealkylation sites (tertiary alicyclic amines) is 1. The summed E-state index contributed by atoms with van der Waals surface area (Å²) >= 11 is 1.07. The Labute approximate surface area is 187 Å². The van der Waals surface area contributed by atoms with Gasteiger partial charge in [0.25, 0.3) is 5.91 Å². The van der Waals surface area contributed by atoms with Crippen LogP contribution in [0, 0.1) is 25.5 Å². The molecule has 2 aromatic carbocycles. The number of nitrogens with zero attached hydrogens (tertiary/aromatic N) is 3. The second-order valence-corrected chi connectivity index (χ2v) is 8.57. The second kappa shape index (κ2) is 8.99. The van der Waals surface area contributed by atoms with Crippen LogP contribution in [0.15, 0.2) is 36.4 Å². The molecule has 1 atom stereocenters. The van der Waals surface area contributed by atoms with Gasteiger partial charge in [0, 0.05) is 24.0 Å². The molecular formula is C22H21F2N5O2S. The third kappa shape index (κ3) is 4.45. The quantitative estimate of drug-likeness (QED) is 0.574. The number of halogens is 2. The van der Waals surface area contributed by atoms with Gasteiger partial charge in [-0.25, -0.2) is 13.6 Å². The molecule has 32 heavy (non-hydrogen) atoms. The highest BCUT2D eigenvalue weighted by atomic mass is 32.1. The van der Waals surface area contributed by atoms with Gasteiger partial charge in [0.15, 0.2) is 11.6 Å². The fourth-order valence-corrected chi connectivity index (χ4v) is 4.45. The summed E-state index contributed by atoms with van der Waals surface area (Å²) in [6.45, 7) is 4.50. The Hall–Kier alpha value is -3.40. The van der Waals surface area contributed by atoms with Crippen molar-refractivity contribution in [1.29, 1.82) is 0 Å². The molecule has 4 rings (SSSR count). The highest BCUT2D eigenvalue weighted by Crippen LogP contribution is 2.34. The van der Waals surface area contributed by atoms with E-state index in [0.717, 1.165) is 46.7 Å². The number of carbonyl (C=O) groups is 2. The first-order chi connectivity index (χ1) is 15.3. The minimum Gasteiger partial charge on any atom is -0.320 e. The zero-order valence-electron chi connectivity index (χ0n) is 17.5. The molecule has 0 radical (unpaired) electrons. The average Bonchev–Trinajstić information content (AvgIpc) is 3.43. The molecule has 2 N–H and O–H groups in total. The van der Waals surface area contributed by atoms with Crippen LogP contribution in [0.4, 0.5) is 25.0 Å².